The Morgan fingerprint density at radius 1 is 1.38 bits per heavy atom. The Balaban J connectivity index is 1.81. The van der Waals surface area contributed by atoms with E-state index in [1.165, 1.54) is 49.7 Å². The SMILES string of the molecule is C=C1C[C@@H](C[C@@H](C)CCC=C(C)C)O[C@H]2C[C@H](C)CC[C@H]12. The van der Waals surface area contributed by atoms with Gasteiger partial charge in [-0.2, -0.15) is 0 Å². The summed E-state index contributed by atoms with van der Waals surface area (Å²) in [4.78, 5) is 0. The second-order valence-electron chi connectivity index (χ2n) is 7.88. The van der Waals surface area contributed by atoms with Crippen LogP contribution in [0.4, 0.5) is 0 Å². The lowest BCUT2D eigenvalue weighted by Crippen LogP contribution is -2.40. The van der Waals surface area contributed by atoms with Crippen LogP contribution < -0.4 is 0 Å². The number of ether oxygens (including phenoxy) is 1. The minimum absolute atomic E-state index is 0.422. The van der Waals surface area contributed by atoms with Crippen molar-refractivity contribution in [3.05, 3.63) is 23.8 Å². The van der Waals surface area contributed by atoms with Gasteiger partial charge in [0.15, 0.2) is 0 Å². The van der Waals surface area contributed by atoms with E-state index in [1.807, 2.05) is 0 Å². The first-order valence-corrected chi connectivity index (χ1v) is 8.92. The minimum Gasteiger partial charge on any atom is -0.374 e. The van der Waals surface area contributed by atoms with Gasteiger partial charge in [0.2, 0.25) is 0 Å². The molecule has 1 aliphatic heterocycles. The molecule has 0 amide bonds. The van der Waals surface area contributed by atoms with Crippen molar-refractivity contribution in [1.82, 2.24) is 0 Å². The summed E-state index contributed by atoms with van der Waals surface area (Å²) in [5, 5.41) is 0. The lowest BCUT2D eigenvalue weighted by molar-refractivity contribution is -0.0906. The number of hydrogen-bond acceptors (Lipinski definition) is 1. The van der Waals surface area contributed by atoms with E-state index in [-0.39, 0.29) is 0 Å². The van der Waals surface area contributed by atoms with Crippen LogP contribution in [-0.4, -0.2) is 12.2 Å². The normalized spacial score (nSPS) is 34.2. The van der Waals surface area contributed by atoms with E-state index in [9.17, 15) is 0 Å². The monoisotopic (exact) mass is 290 g/mol. The van der Waals surface area contributed by atoms with Crippen LogP contribution in [-0.2, 0) is 4.74 Å². The van der Waals surface area contributed by atoms with Crippen molar-refractivity contribution in [2.75, 3.05) is 0 Å². The van der Waals surface area contributed by atoms with E-state index >= 15 is 0 Å². The molecular weight excluding hydrogens is 256 g/mol. The minimum atomic E-state index is 0.422. The van der Waals surface area contributed by atoms with Crippen LogP contribution in [0.1, 0.15) is 72.6 Å². The zero-order chi connectivity index (χ0) is 15.4. The maximum absolute atomic E-state index is 6.45. The van der Waals surface area contributed by atoms with Gasteiger partial charge in [0.25, 0.3) is 0 Å². The third-order valence-electron chi connectivity index (χ3n) is 5.31. The highest BCUT2D eigenvalue weighted by Crippen LogP contribution is 2.41. The second-order valence-corrected chi connectivity index (χ2v) is 7.88. The average Bonchev–Trinajstić information content (AvgIpc) is 2.37. The van der Waals surface area contributed by atoms with Gasteiger partial charge >= 0.3 is 0 Å². The van der Waals surface area contributed by atoms with E-state index in [4.69, 9.17) is 4.74 Å². The molecule has 2 aliphatic rings. The molecular formula is C20H34O. The summed E-state index contributed by atoms with van der Waals surface area (Å²) in [5.41, 5.74) is 2.91. The van der Waals surface area contributed by atoms with E-state index in [1.54, 1.807) is 0 Å². The molecule has 5 atom stereocenters. The van der Waals surface area contributed by atoms with E-state index in [2.05, 4.69) is 40.3 Å². The Labute approximate surface area is 131 Å². The second kappa shape index (κ2) is 7.63. The molecule has 2 rings (SSSR count). The van der Waals surface area contributed by atoms with Crippen LogP contribution in [0.5, 0.6) is 0 Å². The van der Waals surface area contributed by atoms with Gasteiger partial charge in [-0.15, -0.1) is 0 Å². The van der Waals surface area contributed by atoms with Crippen molar-refractivity contribution in [3.8, 4) is 0 Å². The molecule has 0 unspecified atom stereocenters. The standard InChI is InChI=1S/C20H34O/c1-14(2)7-6-8-15(3)11-18-13-17(5)19-10-9-16(4)12-20(19)21-18/h7,15-16,18-20H,5-6,8-13H2,1-4H3/t15-,16+,18+,19+,20-/m0/s1. The van der Waals surface area contributed by atoms with Crippen LogP contribution >= 0.6 is 0 Å². The van der Waals surface area contributed by atoms with Gasteiger partial charge in [-0.3, -0.25) is 0 Å². The maximum Gasteiger partial charge on any atom is 0.0646 e. The molecule has 0 bridgehead atoms. The van der Waals surface area contributed by atoms with Crippen molar-refractivity contribution < 1.29 is 4.74 Å². The molecule has 1 saturated heterocycles. The van der Waals surface area contributed by atoms with E-state index in [0.717, 1.165) is 18.3 Å². The molecule has 0 spiro atoms. The van der Waals surface area contributed by atoms with Crippen molar-refractivity contribution in [3.63, 3.8) is 0 Å². The van der Waals surface area contributed by atoms with Crippen LogP contribution in [0.2, 0.25) is 0 Å². The fourth-order valence-corrected chi connectivity index (χ4v) is 4.05. The van der Waals surface area contributed by atoms with Crippen LogP contribution in [0, 0.1) is 17.8 Å². The Kier molecular flexibility index (Phi) is 6.10. The molecule has 2 fully saturated rings. The summed E-state index contributed by atoms with van der Waals surface area (Å²) in [5.74, 6) is 2.22. The van der Waals surface area contributed by atoms with Gasteiger partial charge in [-0.25, -0.2) is 0 Å². The van der Waals surface area contributed by atoms with Gasteiger partial charge in [-0.05, 0) is 70.6 Å². The lowest BCUT2D eigenvalue weighted by atomic mass is 9.74. The summed E-state index contributed by atoms with van der Waals surface area (Å²) in [6.45, 7) is 13.5. The van der Waals surface area contributed by atoms with Gasteiger partial charge in [0, 0.05) is 5.92 Å². The molecule has 0 radical (unpaired) electrons. The molecule has 120 valence electrons. The highest BCUT2D eigenvalue weighted by atomic mass is 16.5. The molecule has 0 N–H and O–H groups in total. The first-order valence-electron chi connectivity index (χ1n) is 8.92. The maximum atomic E-state index is 6.45. The summed E-state index contributed by atoms with van der Waals surface area (Å²) >= 11 is 0. The molecule has 1 aliphatic carbocycles. The van der Waals surface area contributed by atoms with Crippen LogP contribution in [0.25, 0.3) is 0 Å². The molecule has 0 aromatic carbocycles. The molecule has 1 heteroatoms. The van der Waals surface area contributed by atoms with Gasteiger partial charge < -0.3 is 4.74 Å². The Bertz CT molecular complexity index is 377. The van der Waals surface area contributed by atoms with Crippen molar-refractivity contribution in [2.24, 2.45) is 17.8 Å². The zero-order valence-corrected chi connectivity index (χ0v) is 14.5. The largest absolute Gasteiger partial charge is 0.374 e. The summed E-state index contributed by atoms with van der Waals surface area (Å²) in [6.07, 6.45) is 11.9. The van der Waals surface area contributed by atoms with E-state index in [0.29, 0.717) is 18.1 Å². The summed E-state index contributed by atoms with van der Waals surface area (Å²) in [6, 6.07) is 0. The highest BCUT2D eigenvalue weighted by Gasteiger charge is 2.37. The lowest BCUT2D eigenvalue weighted by Gasteiger charge is -2.43. The molecule has 0 aromatic heterocycles. The number of rotatable bonds is 5. The van der Waals surface area contributed by atoms with Crippen molar-refractivity contribution in [1.29, 1.82) is 0 Å². The van der Waals surface area contributed by atoms with Gasteiger partial charge in [-0.1, -0.05) is 37.6 Å². The van der Waals surface area contributed by atoms with Gasteiger partial charge in [0.05, 0.1) is 12.2 Å². The van der Waals surface area contributed by atoms with Crippen molar-refractivity contribution in [2.45, 2.75) is 84.8 Å². The predicted octanol–water partition coefficient (Wildman–Crippen LogP) is 5.91. The van der Waals surface area contributed by atoms with Crippen LogP contribution in [0.15, 0.2) is 23.8 Å². The molecule has 1 saturated carbocycles. The predicted molar refractivity (Wildman–Crippen MR) is 91.4 cm³/mol. The Hall–Kier alpha value is -0.560. The fraction of sp³-hybridized carbons (Fsp3) is 0.800. The number of fused-ring (bicyclic) bond motifs is 1. The molecule has 0 aromatic rings. The topological polar surface area (TPSA) is 9.23 Å². The first kappa shape index (κ1) is 16.8. The Morgan fingerprint density at radius 3 is 2.86 bits per heavy atom. The zero-order valence-electron chi connectivity index (χ0n) is 14.5. The van der Waals surface area contributed by atoms with E-state index < -0.39 is 0 Å². The number of allylic oxidation sites excluding steroid dienone is 2. The molecule has 21 heavy (non-hydrogen) atoms. The molecule has 1 heterocycles. The molecule has 1 nitrogen and oxygen atoms in total. The first-order chi connectivity index (χ1) is 9.95. The summed E-state index contributed by atoms with van der Waals surface area (Å²) < 4.78 is 6.45. The Morgan fingerprint density at radius 2 is 2.14 bits per heavy atom. The van der Waals surface area contributed by atoms with Gasteiger partial charge in [0.1, 0.15) is 0 Å². The average molecular weight is 290 g/mol. The number of hydrogen-bond donors (Lipinski definition) is 0. The highest BCUT2D eigenvalue weighted by molar-refractivity contribution is 5.10. The third kappa shape index (κ3) is 4.98. The summed E-state index contributed by atoms with van der Waals surface area (Å²) in [7, 11) is 0. The van der Waals surface area contributed by atoms with Crippen LogP contribution in [0.3, 0.4) is 0 Å². The quantitative estimate of drug-likeness (QED) is 0.572. The third-order valence-corrected chi connectivity index (χ3v) is 5.31. The smallest absolute Gasteiger partial charge is 0.0646 e. The fourth-order valence-electron chi connectivity index (χ4n) is 4.05. The van der Waals surface area contributed by atoms with Crippen molar-refractivity contribution >= 4 is 0 Å².